The van der Waals surface area contributed by atoms with Gasteiger partial charge in [-0.3, -0.25) is 0 Å². The molecule has 2 aromatic carbocycles. The quantitative estimate of drug-likeness (QED) is 0.720. The summed E-state index contributed by atoms with van der Waals surface area (Å²) >= 11 is 6.26. The molecule has 1 aliphatic heterocycles. The fourth-order valence-corrected chi connectivity index (χ4v) is 3.92. The number of allylic oxidation sites excluding steroid dienone is 1. The number of nitrogens with zero attached hydrogens (tertiary/aromatic N) is 1. The average Bonchev–Trinajstić information content (AvgIpc) is 2.87. The fourth-order valence-electron chi connectivity index (χ4n) is 3.75. The molecule has 4 nitrogen and oxygen atoms in total. The molecule has 0 aromatic heterocycles. The predicted octanol–water partition coefficient (Wildman–Crippen LogP) is 5.17. The molecule has 0 bridgehead atoms. The third-order valence-electron chi connectivity index (χ3n) is 5.51. The van der Waals surface area contributed by atoms with Crippen LogP contribution in [-0.2, 0) is 5.41 Å². The van der Waals surface area contributed by atoms with Gasteiger partial charge < -0.3 is 14.6 Å². The van der Waals surface area contributed by atoms with Crippen LogP contribution in [0.25, 0.3) is 6.08 Å². The first kappa shape index (κ1) is 19.3. The molecule has 0 saturated carbocycles. The van der Waals surface area contributed by atoms with Crippen molar-refractivity contribution in [1.29, 1.82) is 0 Å². The monoisotopic (exact) mass is 386 g/mol. The van der Waals surface area contributed by atoms with E-state index < -0.39 is 0 Å². The predicted molar refractivity (Wildman–Crippen MR) is 110 cm³/mol. The standard InChI is InChI=1S/C22H24ClNO3/c1-6-22(2)17-11-14(23)7-9-18(17)24(3)21(22)10-8-16-19(25)12-15(26-4)13-20(16)27-5/h7-13H,6H2,1-5H3/p+1. The number of benzene rings is 2. The molecular formula is C22H25ClNO3+. The zero-order chi connectivity index (χ0) is 19.8. The second kappa shape index (κ2) is 7.28. The molecule has 0 saturated heterocycles. The topological polar surface area (TPSA) is 41.7 Å². The normalized spacial score (nSPS) is 18.9. The van der Waals surface area contributed by atoms with Crippen molar-refractivity contribution in [2.24, 2.45) is 0 Å². The highest BCUT2D eigenvalue weighted by molar-refractivity contribution is 6.30. The first-order valence-corrected chi connectivity index (χ1v) is 9.27. The molecule has 1 unspecified atom stereocenters. The van der Waals surface area contributed by atoms with Crippen molar-refractivity contribution < 1.29 is 19.2 Å². The van der Waals surface area contributed by atoms with Crippen LogP contribution in [0.15, 0.2) is 36.4 Å². The lowest BCUT2D eigenvalue weighted by Gasteiger charge is -2.20. The van der Waals surface area contributed by atoms with E-state index in [1.807, 2.05) is 24.3 Å². The molecule has 0 fully saturated rings. The molecule has 1 atom stereocenters. The Morgan fingerprint density at radius 3 is 2.52 bits per heavy atom. The highest BCUT2D eigenvalue weighted by Crippen LogP contribution is 2.43. The van der Waals surface area contributed by atoms with Gasteiger partial charge in [0.05, 0.1) is 25.2 Å². The molecule has 0 spiro atoms. The SMILES string of the molecule is CCC1(C)C(/C=C/c2c(O)cc(OC)cc2OC)=[N+](C)c2ccc(Cl)cc21. The zero-order valence-electron chi connectivity index (χ0n) is 16.3. The average molecular weight is 387 g/mol. The summed E-state index contributed by atoms with van der Waals surface area (Å²) in [5.74, 6) is 1.22. The van der Waals surface area contributed by atoms with Crippen molar-refractivity contribution in [3.63, 3.8) is 0 Å². The van der Waals surface area contributed by atoms with Crippen molar-refractivity contribution in [2.45, 2.75) is 25.7 Å². The third kappa shape index (κ3) is 3.19. The number of hydrogen-bond acceptors (Lipinski definition) is 3. The third-order valence-corrected chi connectivity index (χ3v) is 5.74. The van der Waals surface area contributed by atoms with Crippen molar-refractivity contribution in [3.8, 4) is 17.2 Å². The van der Waals surface area contributed by atoms with Crippen molar-refractivity contribution in [2.75, 3.05) is 21.3 Å². The number of hydrogen-bond donors (Lipinski definition) is 1. The zero-order valence-corrected chi connectivity index (χ0v) is 17.1. The summed E-state index contributed by atoms with van der Waals surface area (Å²) in [5, 5.41) is 11.2. The minimum atomic E-state index is -0.166. The number of halogens is 1. The van der Waals surface area contributed by atoms with Crippen LogP contribution in [0, 0.1) is 0 Å². The second-order valence-electron chi connectivity index (χ2n) is 6.89. The van der Waals surface area contributed by atoms with Gasteiger partial charge >= 0.3 is 0 Å². The van der Waals surface area contributed by atoms with E-state index in [0.29, 0.717) is 17.1 Å². The summed E-state index contributed by atoms with van der Waals surface area (Å²) in [7, 11) is 5.19. The van der Waals surface area contributed by atoms with Crippen LogP contribution in [0.2, 0.25) is 5.02 Å². The Labute approximate surface area is 165 Å². The van der Waals surface area contributed by atoms with E-state index in [-0.39, 0.29) is 11.2 Å². The number of phenols is 1. The van der Waals surface area contributed by atoms with E-state index in [1.165, 1.54) is 5.56 Å². The number of rotatable bonds is 5. The summed E-state index contributed by atoms with van der Waals surface area (Å²) in [4.78, 5) is 0. The molecule has 1 aliphatic rings. The lowest BCUT2D eigenvalue weighted by Crippen LogP contribution is -2.29. The molecule has 1 N–H and O–H groups in total. The molecule has 3 rings (SSSR count). The van der Waals surface area contributed by atoms with Crippen molar-refractivity contribution in [1.82, 2.24) is 0 Å². The van der Waals surface area contributed by atoms with Crippen LogP contribution in [-0.4, -0.2) is 36.7 Å². The molecular weight excluding hydrogens is 362 g/mol. The molecule has 0 amide bonds. The molecule has 5 heteroatoms. The maximum atomic E-state index is 10.4. The first-order chi connectivity index (χ1) is 12.8. The number of fused-ring (bicyclic) bond motifs is 1. The van der Waals surface area contributed by atoms with Gasteiger partial charge in [0, 0.05) is 34.9 Å². The van der Waals surface area contributed by atoms with E-state index >= 15 is 0 Å². The summed E-state index contributed by atoms with van der Waals surface area (Å²) in [6, 6.07) is 9.35. The Morgan fingerprint density at radius 1 is 1.15 bits per heavy atom. The molecule has 0 aliphatic carbocycles. The summed E-state index contributed by atoms with van der Waals surface area (Å²) < 4.78 is 12.8. The van der Waals surface area contributed by atoms with Crippen LogP contribution in [0.1, 0.15) is 31.4 Å². The van der Waals surface area contributed by atoms with Crippen LogP contribution < -0.4 is 9.47 Å². The molecule has 142 valence electrons. The van der Waals surface area contributed by atoms with E-state index in [0.717, 1.165) is 22.8 Å². The summed E-state index contributed by atoms with van der Waals surface area (Å²) in [5.41, 5.74) is 3.95. The number of ether oxygens (including phenoxy) is 2. The summed E-state index contributed by atoms with van der Waals surface area (Å²) in [6.07, 6.45) is 4.86. The Bertz CT molecular complexity index is 949. The van der Waals surface area contributed by atoms with Crippen molar-refractivity contribution in [3.05, 3.63) is 52.6 Å². The number of methoxy groups -OCH3 is 2. The Hall–Kier alpha value is -2.46. The van der Waals surface area contributed by atoms with Gasteiger partial charge in [-0.1, -0.05) is 18.5 Å². The number of phenolic OH excluding ortho intramolecular Hbond substituents is 1. The van der Waals surface area contributed by atoms with Crippen molar-refractivity contribution >= 4 is 29.1 Å². The smallest absolute Gasteiger partial charge is 0.209 e. The first-order valence-electron chi connectivity index (χ1n) is 8.90. The van der Waals surface area contributed by atoms with Gasteiger partial charge in [0.25, 0.3) is 0 Å². The Kier molecular flexibility index (Phi) is 5.20. The molecule has 1 heterocycles. The van der Waals surface area contributed by atoms with Crippen LogP contribution >= 0.6 is 11.6 Å². The van der Waals surface area contributed by atoms with Crippen LogP contribution in [0.5, 0.6) is 17.2 Å². The van der Waals surface area contributed by atoms with Gasteiger partial charge in [0.15, 0.2) is 5.71 Å². The van der Waals surface area contributed by atoms with Crippen LogP contribution in [0.4, 0.5) is 5.69 Å². The summed E-state index contributed by atoms with van der Waals surface area (Å²) in [6.45, 7) is 4.39. The fraction of sp³-hybridized carbons (Fsp3) is 0.318. The largest absolute Gasteiger partial charge is 0.507 e. The van der Waals surface area contributed by atoms with Gasteiger partial charge in [0.1, 0.15) is 24.3 Å². The van der Waals surface area contributed by atoms with E-state index in [9.17, 15) is 5.11 Å². The van der Waals surface area contributed by atoms with Gasteiger partial charge in [-0.15, -0.1) is 0 Å². The van der Waals surface area contributed by atoms with Crippen LogP contribution in [0.3, 0.4) is 0 Å². The second-order valence-corrected chi connectivity index (χ2v) is 7.32. The maximum absolute atomic E-state index is 10.4. The lowest BCUT2D eigenvalue weighted by atomic mass is 9.77. The molecule has 0 radical (unpaired) electrons. The van der Waals surface area contributed by atoms with Gasteiger partial charge in [-0.25, -0.2) is 0 Å². The Morgan fingerprint density at radius 2 is 1.89 bits per heavy atom. The maximum Gasteiger partial charge on any atom is 0.209 e. The van der Waals surface area contributed by atoms with Gasteiger partial charge in [0.2, 0.25) is 5.69 Å². The highest BCUT2D eigenvalue weighted by atomic mass is 35.5. The van der Waals surface area contributed by atoms with Gasteiger partial charge in [-0.2, -0.15) is 4.58 Å². The molecule has 27 heavy (non-hydrogen) atoms. The minimum absolute atomic E-state index is 0.113. The van der Waals surface area contributed by atoms with E-state index in [1.54, 1.807) is 26.4 Å². The highest BCUT2D eigenvalue weighted by Gasteiger charge is 2.45. The Balaban J connectivity index is 2.09. The van der Waals surface area contributed by atoms with E-state index in [2.05, 4.69) is 31.5 Å². The number of aromatic hydroxyl groups is 1. The van der Waals surface area contributed by atoms with E-state index in [4.69, 9.17) is 21.1 Å². The van der Waals surface area contributed by atoms with Gasteiger partial charge in [-0.05, 0) is 31.6 Å². The minimum Gasteiger partial charge on any atom is -0.507 e. The lowest BCUT2D eigenvalue weighted by molar-refractivity contribution is -0.401. The molecule has 2 aromatic rings.